The maximum Gasteiger partial charge on any atom is 0.261 e. The molecular weight excluding hydrogens is 230 g/mol. The van der Waals surface area contributed by atoms with Gasteiger partial charge in [-0.15, -0.1) is 0 Å². The average molecular weight is 245 g/mol. The first-order valence-corrected chi connectivity index (χ1v) is 6.21. The summed E-state index contributed by atoms with van der Waals surface area (Å²) in [5.74, 6) is 0.311. The van der Waals surface area contributed by atoms with Crippen molar-refractivity contribution in [3.8, 4) is 0 Å². The first kappa shape index (κ1) is 11.4. The monoisotopic (exact) mass is 245 g/mol. The Hall–Kier alpha value is -1.68. The lowest BCUT2D eigenvalue weighted by Crippen LogP contribution is -2.36. The SMILES string of the molecule is C[C@H]1COC[C@H]1CN1C(=O)c2ccccc2C1=O. The van der Waals surface area contributed by atoms with Crippen molar-refractivity contribution in [2.45, 2.75) is 6.92 Å². The average Bonchev–Trinajstić information content (AvgIpc) is 2.89. The van der Waals surface area contributed by atoms with Crippen molar-refractivity contribution >= 4 is 11.8 Å². The van der Waals surface area contributed by atoms with Crippen LogP contribution in [-0.2, 0) is 4.74 Å². The molecule has 0 radical (unpaired) electrons. The van der Waals surface area contributed by atoms with Crippen LogP contribution in [0.25, 0.3) is 0 Å². The zero-order valence-corrected chi connectivity index (χ0v) is 10.3. The van der Waals surface area contributed by atoms with Gasteiger partial charge in [-0.1, -0.05) is 19.1 Å². The topological polar surface area (TPSA) is 46.6 Å². The summed E-state index contributed by atoms with van der Waals surface area (Å²) in [6.07, 6.45) is 0. The highest BCUT2D eigenvalue weighted by atomic mass is 16.5. The number of imide groups is 1. The minimum atomic E-state index is -0.172. The lowest BCUT2D eigenvalue weighted by atomic mass is 9.98. The summed E-state index contributed by atoms with van der Waals surface area (Å²) >= 11 is 0. The highest BCUT2D eigenvalue weighted by Crippen LogP contribution is 2.27. The van der Waals surface area contributed by atoms with E-state index in [1.165, 1.54) is 4.90 Å². The van der Waals surface area contributed by atoms with E-state index < -0.39 is 0 Å². The minimum absolute atomic E-state index is 0.172. The Morgan fingerprint density at radius 2 is 1.78 bits per heavy atom. The molecule has 4 heteroatoms. The van der Waals surface area contributed by atoms with Crippen LogP contribution in [0.1, 0.15) is 27.6 Å². The molecule has 1 saturated heterocycles. The smallest absolute Gasteiger partial charge is 0.261 e. The van der Waals surface area contributed by atoms with Crippen LogP contribution in [0.3, 0.4) is 0 Å². The van der Waals surface area contributed by atoms with Crippen molar-refractivity contribution in [1.29, 1.82) is 0 Å². The molecule has 3 rings (SSSR count). The van der Waals surface area contributed by atoms with Gasteiger partial charge < -0.3 is 4.74 Å². The number of amides is 2. The Morgan fingerprint density at radius 3 is 2.28 bits per heavy atom. The number of hydrogen-bond donors (Lipinski definition) is 0. The summed E-state index contributed by atoms with van der Waals surface area (Å²) in [6.45, 7) is 3.91. The molecule has 94 valence electrons. The predicted octanol–water partition coefficient (Wildman–Crippen LogP) is 1.57. The zero-order chi connectivity index (χ0) is 12.7. The van der Waals surface area contributed by atoms with Crippen LogP contribution in [0.5, 0.6) is 0 Å². The molecule has 2 aliphatic heterocycles. The van der Waals surface area contributed by atoms with Crippen molar-refractivity contribution in [2.24, 2.45) is 11.8 Å². The second kappa shape index (κ2) is 4.21. The summed E-state index contributed by atoms with van der Waals surface area (Å²) in [5, 5.41) is 0. The van der Waals surface area contributed by atoms with Gasteiger partial charge in [0.1, 0.15) is 0 Å². The number of ether oxygens (including phenoxy) is 1. The number of rotatable bonds is 2. The highest BCUT2D eigenvalue weighted by molar-refractivity contribution is 6.21. The summed E-state index contributed by atoms with van der Waals surface area (Å²) in [4.78, 5) is 25.7. The van der Waals surface area contributed by atoms with Crippen LogP contribution in [0.4, 0.5) is 0 Å². The normalized spacial score (nSPS) is 26.8. The van der Waals surface area contributed by atoms with Gasteiger partial charge in [-0.2, -0.15) is 0 Å². The van der Waals surface area contributed by atoms with Crippen LogP contribution < -0.4 is 0 Å². The Balaban J connectivity index is 1.84. The fraction of sp³-hybridized carbons (Fsp3) is 0.429. The van der Waals surface area contributed by atoms with Crippen LogP contribution in [0, 0.1) is 11.8 Å². The van der Waals surface area contributed by atoms with Gasteiger partial charge in [-0.05, 0) is 18.1 Å². The van der Waals surface area contributed by atoms with Crippen molar-refractivity contribution < 1.29 is 14.3 Å². The molecule has 2 atom stereocenters. The van der Waals surface area contributed by atoms with E-state index in [-0.39, 0.29) is 17.7 Å². The third-order valence-electron chi connectivity index (χ3n) is 3.81. The number of carbonyl (C=O) groups is 2. The molecule has 4 nitrogen and oxygen atoms in total. The van der Waals surface area contributed by atoms with Crippen molar-refractivity contribution in [2.75, 3.05) is 19.8 Å². The predicted molar refractivity (Wildman–Crippen MR) is 65.3 cm³/mol. The summed E-state index contributed by atoms with van der Waals surface area (Å²) < 4.78 is 5.38. The van der Waals surface area contributed by atoms with E-state index >= 15 is 0 Å². The van der Waals surface area contributed by atoms with E-state index in [0.717, 1.165) is 0 Å². The molecule has 2 aliphatic rings. The molecule has 0 bridgehead atoms. The van der Waals surface area contributed by atoms with Gasteiger partial charge in [0.2, 0.25) is 0 Å². The van der Waals surface area contributed by atoms with Gasteiger partial charge >= 0.3 is 0 Å². The van der Waals surface area contributed by atoms with Crippen LogP contribution in [-0.4, -0.2) is 36.5 Å². The van der Waals surface area contributed by atoms with Gasteiger partial charge in [0.05, 0.1) is 17.7 Å². The number of nitrogens with zero attached hydrogens (tertiary/aromatic N) is 1. The fourth-order valence-corrected chi connectivity index (χ4v) is 2.58. The molecule has 0 saturated carbocycles. The van der Waals surface area contributed by atoms with E-state index in [2.05, 4.69) is 6.92 Å². The zero-order valence-electron chi connectivity index (χ0n) is 10.3. The lowest BCUT2D eigenvalue weighted by Gasteiger charge is -2.20. The molecule has 0 N–H and O–H groups in total. The number of fused-ring (bicyclic) bond motifs is 1. The number of hydrogen-bond acceptors (Lipinski definition) is 3. The van der Waals surface area contributed by atoms with Gasteiger partial charge in [0.15, 0.2) is 0 Å². The fourth-order valence-electron chi connectivity index (χ4n) is 2.58. The first-order valence-electron chi connectivity index (χ1n) is 6.21. The Kier molecular flexibility index (Phi) is 2.67. The molecule has 0 spiro atoms. The molecule has 0 aliphatic carbocycles. The van der Waals surface area contributed by atoms with Gasteiger partial charge in [-0.25, -0.2) is 0 Å². The quantitative estimate of drug-likeness (QED) is 0.743. The Bertz CT molecular complexity index is 477. The van der Waals surface area contributed by atoms with Crippen LogP contribution in [0.2, 0.25) is 0 Å². The number of benzene rings is 1. The second-order valence-electron chi connectivity index (χ2n) is 5.04. The third-order valence-corrected chi connectivity index (χ3v) is 3.81. The molecule has 18 heavy (non-hydrogen) atoms. The van der Waals surface area contributed by atoms with E-state index in [9.17, 15) is 9.59 Å². The summed E-state index contributed by atoms with van der Waals surface area (Å²) in [6, 6.07) is 7.00. The van der Waals surface area contributed by atoms with Crippen LogP contribution >= 0.6 is 0 Å². The van der Waals surface area contributed by atoms with Gasteiger partial charge in [-0.3, -0.25) is 14.5 Å². The molecule has 0 aromatic heterocycles. The molecule has 1 aromatic carbocycles. The second-order valence-corrected chi connectivity index (χ2v) is 5.04. The van der Waals surface area contributed by atoms with Crippen molar-refractivity contribution in [3.05, 3.63) is 35.4 Å². The Labute approximate surface area is 106 Å². The van der Waals surface area contributed by atoms with E-state index in [4.69, 9.17) is 4.74 Å². The Morgan fingerprint density at radius 1 is 1.17 bits per heavy atom. The standard InChI is InChI=1S/C14H15NO3/c1-9-7-18-8-10(9)6-15-13(16)11-4-2-3-5-12(11)14(15)17/h2-5,9-10H,6-8H2,1H3/t9-,10+/m0/s1. The van der Waals surface area contributed by atoms with Crippen LogP contribution in [0.15, 0.2) is 24.3 Å². The highest BCUT2D eigenvalue weighted by Gasteiger charge is 2.38. The molecular formula is C14H15NO3. The minimum Gasteiger partial charge on any atom is -0.381 e. The van der Waals surface area contributed by atoms with Gasteiger partial charge in [0.25, 0.3) is 11.8 Å². The molecule has 1 fully saturated rings. The van der Waals surface area contributed by atoms with Crippen molar-refractivity contribution in [3.63, 3.8) is 0 Å². The largest absolute Gasteiger partial charge is 0.381 e. The summed E-state index contributed by atoms with van der Waals surface area (Å²) in [5.41, 5.74) is 1.04. The molecule has 2 amide bonds. The maximum absolute atomic E-state index is 12.2. The van der Waals surface area contributed by atoms with Crippen molar-refractivity contribution in [1.82, 2.24) is 4.90 Å². The molecule has 2 heterocycles. The lowest BCUT2D eigenvalue weighted by molar-refractivity contribution is 0.0617. The van der Waals surface area contributed by atoms with E-state index in [0.29, 0.717) is 36.8 Å². The third kappa shape index (κ3) is 1.64. The van der Waals surface area contributed by atoms with Gasteiger partial charge in [0, 0.05) is 19.1 Å². The summed E-state index contributed by atoms with van der Waals surface area (Å²) in [7, 11) is 0. The van der Waals surface area contributed by atoms with E-state index in [1.807, 2.05) is 0 Å². The molecule has 1 aromatic rings. The number of carbonyl (C=O) groups excluding carboxylic acids is 2. The molecule has 0 unspecified atom stereocenters. The van der Waals surface area contributed by atoms with E-state index in [1.54, 1.807) is 24.3 Å². The maximum atomic E-state index is 12.2. The first-order chi connectivity index (χ1) is 8.68.